The van der Waals surface area contributed by atoms with Crippen LogP contribution in [0.1, 0.15) is 45.1 Å². The van der Waals surface area contributed by atoms with Gasteiger partial charge in [0.2, 0.25) is 0 Å². The van der Waals surface area contributed by atoms with Crippen LogP contribution >= 0.6 is 0 Å². The second-order valence-electron chi connectivity index (χ2n) is 8.67. The number of anilines is 1. The zero-order chi connectivity index (χ0) is 21.2. The first-order valence-electron chi connectivity index (χ1n) is 11.8. The Labute approximate surface area is 182 Å². The number of hydrogen-bond donors (Lipinski definition) is 2. The average Bonchev–Trinajstić information content (AvgIpc) is 2.77. The van der Waals surface area contributed by atoms with E-state index < -0.39 is 0 Å². The molecule has 2 saturated heterocycles. The minimum Gasteiger partial charge on any atom is -0.357 e. The predicted octanol–water partition coefficient (Wildman–Crippen LogP) is 2.15. The van der Waals surface area contributed by atoms with Crippen LogP contribution in [0.2, 0.25) is 0 Å². The molecule has 0 bridgehead atoms. The number of rotatable bonds is 8. The van der Waals surface area contributed by atoms with E-state index in [0.717, 1.165) is 63.5 Å². The summed E-state index contributed by atoms with van der Waals surface area (Å²) in [5, 5.41) is 6.89. The van der Waals surface area contributed by atoms with Crippen LogP contribution < -0.4 is 15.5 Å². The summed E-state index contributed by atoms with van der Waals surface area (Å²) in [5.74, 6) is 1.98. The van der Waals surface area contributed by atoms with Crippen molar-refractivity contribution in [3.8, 4) is 0 Å². The molecule has 7 nitrogen and oxygen atoms in total. The maximum Gasteiger partial charge on any atom is 0.191 e. The molecule has 0 saturated carbocycles. The maximum absolute atomic E-state index is 4.81. The van der Waals surface area contributed by atoms with Crippen molar-refractivity contribution >= 4 is 11.8 Å². The number of likely N-dealkylation sites (tertiary alicyclic amines) is 1. The molecule has 0 radical (unpaired) electrons. The van der Waals surface area contributed by atoms with Crippen LogP contribution in [0.25, 0.3) is 0 Å². The SMILES string of the molecule is CCNC(=NCc1ccnc(N2CCN(C)CC2)c1)NCCCN1CCCCC1C. The lowest BCUT2D eigenvalue weighted by molar-refractivity contribution is 0.159. The molecule has 2 aliphatic heterocycles. The summed E-state index contributed by atoms with van der Waals surface area (Å²) in [6.07, 6.45) is 7.15. The van der Waals surface area contributed by atoms with Crippen molar-refractivity contribution < 1.29 is 0 Å². The Hall–Kier alpha value is -1.86. The average molecular weight is 416 g/mol. The highest BCUT2D eigenvalue weighted by atomic mass is 15.3. The van der Waals surface area contributed by atoms with E-state index in [1.807, 2.05) is 6.20 Å². The third-order valence-corrected chi connectivity index (χ3v) is 6.26. The molecular weight excluding hydrogens is 374 g/mol. The van der Waals surface area contributed by atoms with Gasteiger partial charge >= 0.3 is 0 Å². The summed E-state index contributed by atoms with van der Waals surface area (Å²) in [6, 6.07) is 5.00. The molecule has 3 rings (SSSR count). The standard InChI is InChI=1S/C23H41N7/c1-4-24-23(26-10-7-13-29-12-6-5-8-20(29)2)27-19-21-9-11-25-22(18-21)30-16-14-28(3)15-17-30/h9,11,18,20H,4-8,10,12-17,19H2,1-3H3,(H2,24,26,27). The molecule has 1 unspecified atom stereocenters. The summed E-state index contributed by atoms with van der Waals surface area (Å²) in [4.78, 5) is 16.8. The molecule has 30 heavy (non-hydrogen) atoms. The van der Waals surface area contributed by atoms with Crippen molar-refractivity contribution in [1.82, 2.24) is 25.4 Å². The smallest absolute Gasteiger partial charge is 0.191 e. The Morgan fingerprint density at radius 1 is 1.17 bits per heavy atom. The van der Waals surface area contributed by atoms with Gasteiger partial charge in [0.05, 0.1) is 6.54 Å². The van der Waals surface area contributed by atoms with E-state index in [4.69, 9.17) is 4.99 Å². The van der Waals surface area contributed by atoms with Crippen LogP contribution in [-0.2, 0) is 6.54 Å². The lowest BCUT2D eigenvalue weighted by atomic mass is 10.0. The lowest BCUT2D eigenvalue weighted by Gasteiger charge is -2.33. The predicted molar refractivity (Wildman–Crippen MR) is 126 cm³/mol. The van der Waals surface area contributed by atoms with Crippen molar-refractivity contribution in [3.05, 3.63) is 23.9 Å². The van der Waals surface area contributed by atoms with Crippen molar-refractivity contribution in [2.45, 2.75) is 52.1 Å². The van der Waals surface area contributed by atoms with Gasteiger partial charge < -0.3 is 25.3 Å². The molecule has 0 amide bonds. The second-order valence-corrected chi connectivity index (χ2v) is 8.67. The number of aromatic nitrogens is 1. The van der Waals surface area contributed by atoms with Crippen LogP contribution in [0, 0.1) is 0 Å². The van der Waals surface area contributed by atoms with Crippen molar-refractivity contribution in [2.75, 3.05) is 64.3 Å². The first kappa shape index (κ1) is 22.8. The Kier molecular flexibility index (Phi) is 9.21. The highest BCUT2D eigenvalue weighted by Gasteiger charge is 2.17. The van der Waals surface area contributed by atoms with Crippen LogP contribution in [0.4, 0.5) is 5.82 Å². The van der Waals surface area contributed by atoms with Gasteiger partial charge in [-0.2, -0.15) is 0 Å². The minimum absolute atomic E-state index is 0.668. The zero-order valence-corrected chi connectivity index (χ0v) is 19.2. The third-order valence-electron chi connectivity index (χ3n) is 6.26. The Bertz CT molecular complexity index is 655. The van der Waals surface area contributed by atoms with Gasteiger partial charge in [-0.05, 0) is 64.4 Å². The molecule has 0 aromatic carbocycles. The summed E-state index contributed by atoms with van der Waals surface area (Å²) in [5.41, 5.74) is 1.21. The van der Waals surface area contributed by atoms with Gasteiger partial charge in [0.1, 0.15) is 5.82 Å². The van der Waals surface area contributed by atoms with Crippen LogP contribution in [0.3, 0.4) is 0 Å². The molecule has 1 atom stereocenters. The van der Waals surface area contributed by atoms with Crippen LogP contribution in [0.5, 0.6) is 0 Å². The number of pyridine rings is 1. The second kappa shape index (κ2) is 12.1. The fourth-order valence-electron chi connectivity index (χ4n) is 4.26. The Morgan fingerprint density at radius 3 is 2.77 bits per heavy atom. The van der Waals surface area contributed by atoms with E-state index in [0.29, 0.717) is 6.54 Å². The summed E-state index contributed by atoms with van der Waals surface area (Å²) in [6.45, 7) is 13.7. The first-order valence-corrected chi connectivity index (χ1v) is 11.8. The van der Waals surface area contributed by atoms with E-state index in [2.05, 4.69) is 63.3 Å². The molecule has 2 N–H and O–H groups in total. The van der Waals surface area contributed by atoms with Gasteiger partial charge in [0.25, 0.3) is 0 Å². The maximum atomic E-state index is 4.81. The third kappa shape index (κ3) is 7.13. The summed E-state index contributed by atoms with van der Waals surface area (Å²) >= 11 is 0. The largest absolute Gasteiger partial charge is 0.357 e. The summed E-state index contributed by atoms with van der Waals surface area (Å²) in [7, 11) is 2.18. The lowest BCUT2D eigenvalue weighted by Crippen LogP contribution is -2.44. The number of aliphatic imine (C=N–C) groups is 1. The molecule has 3 heterocycles. The number of piperazine rings is 1. The Morgan fingerprint density at radius 2 is 2.00 bits per heavy atom. The zero-order valence-electron chi connectivity index (χ0n) is 19.2. The fraction of sp³-hybridized carbons (Fsp3) is 0.739. The van der Waals surface area contributed by atoms with Gasteiger partial charge in [-0.15, -0.1) is 0 Å². The topological polar surface area (TPSA) is 59.0 Å². The molecule has 0 spiro atoms. The number of hydrogen-bond acceptors (Lipinski definition) is 5. The van der Waals surface area contributed by atoms with E-state index >= 15 is 0 Å². The molecule has 7 heteroatoms. The highest BCUT2D eigenvalue weighted by Crippen LogP contribution is 2.16. The minimum atomic E-state index is 0.668. The van der Waals surface area contributed by atoms with Crippen molar-refractivity contribution in [3.63, 3.8) is 0 Å². The van der Waals surface area contributed by atoms with Gasteiger partial charge in [0, 0.05) is 58.1 Å². The molecule has 2 fully saturated rings. The van der Waals surface area contributed by atoms with Crippen LogP contribution in [0.15, 0.2) is 23.3 Å². The van der Waals surface area contributed by atoms with Crippen LogP contribution in [-0.4, -0.2) is 86.2 Å². The fourth-order valence-corrected chi connectivity index (χ4v) is 4.26. The van der Waals surface area contributed by atoms with Gasteiger partial charge in [-0.3, -0.25) is 0 Å². The molecule has 2 aliphatic rings. The molecule has 1 aromatic heterocycles. The van der Waals surface area contributed by atoms with Gasteiger partial charge in [0.15, 0.2) is 5.96 Å². The van der Waals surface area contributed by atoms with Gasteiger partial charge in [-0.1, -0.05) is 6.42 Å². The number of nitrogens with one attached hydrogen (secondary N) is 2. The molecule has 1 aromatic rings. The van der Waals surface area contributed by atoms with E-state index in [9.17, 15) is 0 Å². The molecule has 0 aliphatic carbocycles. The van der Waals surface area contributed by atoms with Crippen molar-refractivity contribution in [2.24, 2.45) is 4.99 Å². The monoisotopic (exact) mass is 415 g/mol. The first-order chi connectivity index (χ1) is 14.7. The highest BCUT2D eigenvalue weighted by molar-refractivity contribution is 5.79. The molecular formula is C23H41N7. The van der Waals surface area contributed by atoms with Crippen molar-refractivity contribution in [1.29, 1.82) is 0 Å². The quantitative estimate of drug-likeness (QED) is 0.385. The van der Waals surface area contributed by atoms with E-state index in [-0.39, 0.29) is 0 Å². The van der Waals surface area contributed by atoms with E-state index in [1.165, 1.54) is 37.9 Å². The van der Waals surface area contributed by atoms with Gasteiger partial charge in [-0.25, -0.2) is 9.98 Å². The number of piperidine rings is 1. The summed E-state index contributed by atoms with van der Waals surface area (Å²) < 4.78 is 0. The normalized spacial score (nSPS) is 21.6. The van der Waals surface area contributed by atoms with E-state index in [1.54, 1.807) is 0 Å². The number of likely N-dealkylation sites (N-methyl/N-ethyl adjacent to an activating group) is 1. The molecule has 168 valence electrons. The number of nitrogens with zero attached hydrogens (tertiary/aromatic N) is 5. The Balaban J connectivity index is 1.47. The number of guanidine groups is 1.